The van der Waals surface area contributed by atoms with Crippen LogP contribution in [0.15, 0.2) is 11.6 Å². The van der Waals surface area contributed by atoms with Gasteiger partial charge in [0, 0.05) is 13.3 Å². The summed E-state index contributed by atoms with van der Waals surface area (Å²) in [6.07, 6.45) is 14.3. The van der Waals surface area contributed by atoms with Crippen molar-refractivity contribution in [2.45, 2.75) is 125 Å². The molecule has 3 saturated carbocycles. The SMILES string of the molecule is CC[C@@H](C(C)C)[C@H](O)C[C@@H](C)C1CCC2C3CC=C4C[C@@H](OC(C)=O)CC[C@]4(C)C3CC[C@@]21C. The molecule has 0 heterocycles. The summed E-state index contributed by atoms with van der Waals surface area (Å²) in [4.78, 5) is 11.5. The number of aliphatic hydroxyl groups excluding tert-OH is 1. The molecule has 0 aromatic carbocycles. The predicted octanol–water partition coefficient (Wildman–Crippen LogP) is 7.57. The molecule has 0 aromatic heterocycles. The normalized spacial score (nSPS) is 42.1. The number of hydrogen-bond acceptors (Lipinski definition) is 3. The highest BCUT2D eigenvalue weighted by molar-refractivity contribution is 5.66. The molecule has 3 fully saturated rings. The van der Waals surface area contributed by atoms with Gasteiger partial charge < -0.3 is 9.84 Å². The predicted molar refractivity (Wildman–Crippen MR) is 139 cm³/mol. The Hall–Kier alpha value is -0.830. The van der Waals surface area contributed by atoms with Crippen molar-refractivity contribution in [1.29, 1.82) is 0 Å². The van der Waals surface area contributed by atoms with Crippen molar-refractivity contribution in [3.05, 3.63) is 11.6 Å². The molecule has 1 N–H and O–H groups in total. The number of allylic oxidation sites excluding steroid dienone is 1. The second-order valence-electron chi connectivity index (χ2n) is 13.6. The van der Waals surface area contributed by atoms with E-state index >= 15 is 0 Å². The molecule has 0 aliphatic heterocycles. The van der Waals surface area contributed by atoms with Gasteiger partial charge in [0.1, 0.15) is 6.10 Å². The number of hydrogen-bond donors (Lipinski definition) is 1. The highest BCUT2D eigenvalue weighted by Crippen LogP contribution is 2.67. The molecule has 0 radical (unpaired) electrons. The minimum atomic E-state index is -0.162. The number of carbonyl (C=O) groups excluding carboxylic acids is 1. The Morgan fingerprint density at radius 1 is 1.12 bits per heavy atom. The Morgan fingerprint density at radius 3 is 2.50 bits per heavy atom. The molecule has 0 spiro atoms. The van der Waals surface area contributed by atoms with Crippen LogP contribution in [0.25, 0.3) is 0 Å². The van der Waals surface area contributed by atoms with E-state index in [1.807, 2.05) is 0 Å². The molecule has 3 heteroatoms. The molecule has 194 valence electrons. The molecule has 4 rings (SSSR count). The summed E-state index contributed by atoms with van der Waals surface area (Å²) in [5.41, 5.74) is 2.31. The van der Waals surface area contributed by atoms with E-state index in [9.17, 15) is 9.90 Å². The van der Waals surface area contributed by atoms with Crippen LogP contribution in [0.1, 0.15) is 113 Å². The first kappa shape index (κ1) is 26.2. The van der Waals surface area contributed by atoms with E-state index in [0.29, 0.717) is 28.6 Å². The maximum absolute atomic E-state index is 11.5. The summed E-state index contributed by atoms with van der Waals surface area (Å²) in [5.74, 6) is 4.60. The van der Waals surface area contributed by atoms with Crippen LogP contribution in [-0.2, 0) is 9.53 Å². The van der Waals surface area contributed by atoms with Gasteiger partial charge in [-0.3, -0.25) is 4.79 Å². The summed E-state index contributed by atoms with van der Waals surface area (Å²) in [7, 11) is 0. The van der Waals surface area contributed by atoms with Crippen molar-refractivity contribution in [3.63, 3.8) is 0 Å². The van der Waals surface area contributed by atoms with Crippen molar-refractivity contribution in [3.8, 4) is 0 Å². The van der Waals surface area contributed by atoms with Gasteiger partial charge in [-0.15, -0.1) is 0 Å². The lowest BCUT2D eigenvalue weighted by Gasteiger charge is -2.58. The zero-order chi connectivity index (χ0) is 24.8. The second kappa shape index (κ2) is 9.91. The molecule has 10 atom stereocenters. The Balaban J connectivity index is 1.47. The van der Waals surface area contributed by atoms with E-state index in [0.717, 1.165) is 49.4 Å². The Kier molecular flexibility index (Phi) is 7.65. The first-order valence-corrected chi connectivity index (χ1v) is 14.6. The lowest BCUT2D eigenvalue weighted by molar-refractivity contribution is -0.148. The number of fused-ring (bicyclic) bond motifs is 5. The van der Waals surface area contributed by atoms with E-state index in [1.165, 1.54) is 38.5 Å². The van der Waals surface area contributed by atoms with Crippen LogP contribution in [0.5, 0.6) is 0 Å². The fourth-order valence-corrected chi connectivity index (χ4v) is 9.85. The highest BCUT2D eigenvalue weighted by atomic mass is 16.5. The van der Waals surface area contributed by atoms with Gasteiger partial charge in [0.2, 0.25) is 0 Å². The van der Waals surface area contributed by atoms with E-state index in [2.05, 4.69) is 47.6 Å². The lowest BCUT2D eigenvalue weighted by atomic mass is 9.47. The van der Waals surface area contributed by atoms with Crippen molar-refractivity contribution in [1.82, 2.24) is 0 Å². The largest absolute Gasteiger partial charge is 0.462 e. The smallest absolute Gasteiger partial charge is 0.302 e. The zero-order valence-corrected chi connectivity index (χ0v) is 23.1. The number of carbonyl (C=O) groups is 1. The molecule has 4 aliphatic rings. The van der Waals surface area contributed by atoms with Crippen LogP contribution < -0.4 is 0 Å². The third-order valence-electron chi connectivity index (χ3n) is 11.6. The molecular formula is C31H52O3. The van der Waals surface area contributed by atoms with Gasteiger partial charge in [0.05, 0.1) is 6.10 Å². The van der Waals surface area contributed by atoms with Crippen LogP contribution in [-0.4, -0.2) is 23.3 Å². The number of rotatable bonds is 7. The van der Waals surface area contributed by atoms with Crippen LogP contribution in [0.4, 0.5) is 0 Å². The fourth-order valence-electron chi connectivity index (χ4n) is 9.85. The third kappa shape index (κ3) is 4.53. The van der Waals surface area contributed by atoms with E-state index < -0.39 is 0 Å². The van der Waals surface area contributed by atoms with E-state index in [1.54, 1.807) is 12.5 Å². The topological polar surface area (TPSA) is 46.5 Å². The van der Waals surface area contributed by atoms with Crippen LogP contribution in [0.3, 0.4) is 0 Å². The molecule has 0 aromatic rings. The van der Waals surface area contributed by atoms with Gasteiger partial charge in [-0.05, 0) is 104 Å². The van der Waals surface area contributed by atoms with Gasteiger partial charge in [0.15, 0.2) is 0 Å². The summed E-state index contributed by atoms with van der Waals surface area (Å²) < 4.78 is 5.62. The van der Waals surface area contributed by atoms with Crippen molar-refractivity contribution >= 4 is 5.97 Å². The maximum Gasteiger partial charge on any atom is 0.302 e. The summed E-state index contributed by atoms with van der Waals surface area (Å²) >= 11 is 0. The van der Waals surface area contributed by atoms with Crippen LogP contribution >= 0.6 is 0 Å². The van der Waals surface area contributed by atoms with Gasteiger partial charge in [0.25, 0.3) is 0 Å². The van der Waals surface area contributed by atoms with Crippen LogP contribution in [0, 0.1) is 52.3 Å². The zero-order valence-electron chi connectivity index (χ0n) is 23.1. The molecule has 3 nitrogen and oxygen atoms in total. The Morgan fingerprint density at radius 2 is 1.85 bits per heavy atom. The number of esters is 1. The molecular weight excluding hydrogens is 420 g/mol. The summed E-state index contributed by atoms with van der Waals surface area (Å²) in [6.45, 7) is 15.9. The van der Waals surface area contributed by atoms with E-state index in [4.69, 9.17) is 4.74 Å². The first-order chi connectivity index (χ1) is 16.0. The molecule has 0 amide bonds. The van der Waals surface area contributed by atoms with Crippen molar-refractivity contribution < 1.29 is 14.6 Å². The fraction of sp³-hybridized carbons (Fsp3) is 0.903. The van der Waals surface area contributed by atoms with Crippen molar-refractivity contribution in [2.24, 2.45) is 52.3 Å². The number of aliphatic hydroxyl groups is 1. The second-order valence-corrected chi connectivity index (χ2v) is 13.6. The average molecular weight is 473 g/mol. The van der Waals surface area contributed by atoms with Gasteiger partial charge >= 0.3 is 5.97 Å². The third-order valence-corrected chi connectivity index (χ3v) is 11.6. The Labute approximate surface area is 209 Å². The quantitative estimate of drug-likeness (QED) is 0.307. The Bertz CT molecular complexity index is 771. The molecule has 4 unspecified atom stereocenters. The first-order valence-electron chi connectivity index (χ1n) is 14.6. The monoisotopic (exact) mass is 472 g/mol. The van der Waals surface area contributed by atoms with Crippen molar-refractivity contribution in [2.75, 3.05) is 0 Å². The standard InChI is InChI=1S/C31H52O3/c1-8-24(19(2)3)29(33)17-20(4)26-11-12-27-25-10-9-22-18-23(34-21(5)32)13-15-30(22,6)28(25)14-16-31(26,27)7/h9,19-20,23-29,33H,8,10-18H2,1-7H3/t20-,23+,24+,25?,26?,27?,28?,29-,30+,31-/m1/s1. The van der Waals surface area contributed by atoms with Gasteiger partial charge in [-0.25, -0.2) is 0 Å². The molecule has 0 bridgehead atoms. The summed E-state index contributed by atoms with van der Waals surface area (Å²) in [6, 6.07) is 0. The van der Waals surface area contributed by atoms with E-state index in [-0.39, 0.29) is 18.2 Å². The lowest BCUT2D eigenvalue weighted by Crippen LogP contribution is -2.51. The number of ether oxygens (including phenoxy) is 1. The molecule has 0 saturated heterocycles. The molecule has 4 aliphatic carbocycles. The summed E-state index contributed by atoms with van der Waals surface area (Å²) in [5, 5.41) is 11.1. The average Bonchev–Trinajstić information content (AvgIpc) is 3.11. The molecule has 34 heavy (non-hydrogen) atoms. The van der Waals surface area contributed by atoms with Crippen LogP contribution in [0.2, 0.25) is 0 Å². The van der Waals surface area contributed by atoms with Gasteiger partial charge in [-0.2, -0.15) is 0 Å². The minimum Gasteiger partial charge on any atom is -0.462 e. The maximum atomic E-state index is 11.5. The van der Waals surface area contributed by atoms with Gasteiger partial charge in [-0.1, -0.05) is 59.6 Å². The minimum absolute atomic E-state index is 0.0863. The highest BCUT2D eigenvalue weighted by Gasteiger charge is 2.59.